The van der Waals surface area contributed by atoms with Crippen LogP contribution < -0.4 is 5.73 Å². The van der Waals surface area contributed by atoms with E-state index in [0.717, 1.165) is 12.8 Å². The molecule has 0 fully saturated rings. The summed E-state index contributed by atoms with van der Waals surface area (Å²) >= 11 is 0. The molecule has 0 unspecified atom stereocenters. The molecule has 0 aromatic carbocycles. The molecule has 3 heteroatoms. The molecule has 72 valence electrons. The van der Waals surface area contributed by atoms with Gasteiger partial charge in [0, 0.05) is 5.57 Å². The molecule has 0 heterocycles. The van der Waals surface area contributed by atoms with Crippen LogP contribution in [0.2, 0.25) is 0 Å². The highest BCUT2D eigenvalue weighted by Gasteiger charge is 1.96. The van der Waals surface area contributed by atoms with Crippen molar-refractivity contribution in [3.05, 3.63) is 12.2 Å². The van der Waals surface area contributed by atoms with Crippen molar-refractivity contribution in [2.75, 3.05) is 21.1 Å². The molecule has 1 amide bonds. The average Bonchev–Trinajstić information content (AvgIpc) is 1.86. The van der Waals surface area contributed by atoms with Crippen molar-refractivity contribution < 1.29 is 4.79 Å². The van der Waals surface area contributed by atoms with E-state index in [1.807, 2.05) is 33.0 Å². The Morgan fingerprint density at radius 1 is 1.42 bits per heavy atom. The van der Waals surface area contributed by atoms with Crippen LogP contribution in [0.15, 0.2) is 12.2 Å². The summed E-state index contributed by atoms with van der Waals surface area (Å²) in [7, 11) is 6.00. The number of carbonyl (C=O) groups excluding carboxylic acids is 1. The van der Waals surface area contributed by atoms with Gasteiger partial charge in [0.05, 0.1) is 0 Å². The largest absolute Gasteiger partial charge is 0.366 e. The number of amides is 1. The van der Waals surface area contributed by atoms with E-state index in [-0.39, 0.29) is 5.91 Å². The van der Waals surface area contributed by atoms with Gasteiger partial charge in [-0.3, -0.25) is 4.79 Å². The Morgan fingerprint density at radius 2 is 1.75 bits per heavy atom. The SMILES string of the molecule is C=C(CCC)C(N)=O.CN(C)C. The average molecular weight is 172 g/mol. The second-order valence-electron chi connectivity index (χ2n) is 3.06. The summed E-state index contributed by atoms with van der Waals surface area (Å²) in [4.78, 5) is 12.2. The standard InChI is InChI=1S/C6H11NO.C3H9N/c1-3-4-5(2)6(7)8;1-4(2)3/h2-4H2,1H3,(H2,7,8);1-3H3. The summed E-state index contributed by atoms with van der Waals surface area (Å²) in [6.45, 7) is 5.45. The van der Waals surface area contributed by atoms with Crippen molar-refractivity contribution in [1.29, 1.82) is 0 Å². The van der Waals surface area contributed by atoms with Gasteiger partial charge in [-0.2, -0.15) is 0 Å². The van der Waals surface area contributed by atoms with Gasteiger partial charge in [-0.25, -0.2) is 0 Å². The highest BCUT2D eigenvalue weighted by molar-refractivity contribution is 5.91. The fourth-order valence-electron chi connectivity index (χ4n) is 0.425. The lowest BCUT2D eigenvalue weighted by atomic mass is 10.2. The lowest BCUT2D eigenvalue weighted by Gasteiger charge is -1.93. The molecule has 0 atom stereocenters. The molecule has 0 spiro atoms. The zero-order valence-electron chi connectivity index (χ0n) is 8.55. The van der Waals surface area contributed by atoms with Crippen LogP contribution in [0.25, 0.3) is 0 Å². The highest BCUT2D eigenvalue weighted by Crippen LogP contribution is 1.98. The molecule has 2 N–H and O–H groups in total. The molecule has 0 bridgehead atoms. The Morgan fingerprint density at radius 3 is 1.83 bits per heavy atom. The van der Waals surface area contributed by atoms with E-state index in [1.165, 1.54) is 0 Å². The van der Waals surface area contributed by atoms with E-state index in [0.29, 0.717) is 5.57 Å². The van der Waals surface area contributed by atoms with Crippen LogP contribution in [0.1, 0.15) is 19.8 Å². The summed E-state index contributed by atoms with van der Waals surface area (Å²) in [6.07, 6.45) is 1.65. The second kappa shape index (κ2) is 8.27. The molecule has 0 aromatic heterocycles. The lowest BCUT2D eigenvalue weighted by Crippen LogP contribution is -2.12. The van der Waals surface area contributed by atoms with E-state index in [2.05, 4.69) is 6.58 Å². The predicted octanol–water partition coefficient (Wildman–Crippen LogP) is 1.01. The van der Waals surface area contributed by atoms with Crippen LogP contribution in [0, 0.1) is 0 Å². The van der Waals surface area contributed by atoms with Crippen LogP contribution in [0.4, 0.5) is 0 Å². The monoisotopic (exact) mass is 172 g/mol. The van der Waals surface area contributed by atoms with Crippen molar-refractivity contribution in [3.63, 3.8) is 0 Å². The van der Waals surface area contributed by atoms with Gasteiger partial charge in [0.2, 0.25) is 5.91 Å². The van der Waals surface area contributed by atoms with Gasteiger partial charge in [-0.05, 0) is 27.6 Å². The highest BCUT2D eigenvalue weighted by atomic mass is 16.1. The van der Waals surface area contributed by atoms with Gasteiger partial charge in [-0.1, -0.05) is 19.9 Å². The number of hydrogen-bond acceptors (Lipinski definition) is 2. The van der Waals surface area contributed by atoms with Crippen molar-refractivity contribution in [3.8, 4) is 0 Å². The number of rotatable bonds is 3. The first-order valence-electron chi connectivity index (χ1n) is 4.00. The Balaban J connectivity index is 0. The van der Waals surface area contributed by atoms with Crippen molar-refractivity contribution in [2.45, 2.75) is 19.8 Å². The molecule has 12 heavy (non-hydrogen) atoms. The Labute approximate surface area is 75.2 Å². The van der Waals surface area contributed by atoms with E-state index < -0.39 is 0 Å². The van der Waals surface area contributed by atoms with Crippen LogP contribution >= 0.6 is 0 Å². The molecule has 0 radical (unpaired) electrons. The summed E-state index contributed by atoms with van der Waals surface area (Å²) in [6, 6.07) is 0. The maximum atomic E-state index is 10.2. The Hall–Kier alpha value is -0.830. The van der Waals surface area contributed by atoms with Gasteiger partial charge < -0.3 is 10.6 Å². The topological polar surface area (TPSA) is 46.3 Å². The number of primary amides is 1. The molecule has 0 rings (SSSR count). The summed E-state index contributed by atoms with van der Waals surface area (Å²) in [5.41, 5.74) is 5.40. The maximum absolute atomic E-state index is 10.2. The molecule has 0 aromatic rings. The van der Waals surface area contributed by atoms with E-state index in [4.69, 9.17) is 5.73 Å². The molecule has 3 nitrogen and oxygen atoms in total. The van der Waals surface area contributed by atoms with Gasteiger partial charge in [0.1, 0.15) is 0 Å². The van der Waals surface area contributed by atoms with E-state index >= 15 is 0 Å². The summed E-state index contributed by atoms with van der Waals surface area (Å²) < 4.78 is 0. The van der Waals surface area contributed by atoms with Crippen molar-refractivity contribution in [2.24, 2.45) is 5.73 Å². The fraction of sp³-hybridized carbons (Fsp3) is 0.667. The molecule has 0 saturated carbocycles. The Bertz CT molecular complexity index is 139. The van der Waals surface area contributed by atoms with Gasteiger partial charge >= 0.3 is 0 Å². The Kier molecular flexibility index (Phi) is 9.47. The third-order valence-corrected chi connectivity index (χ3v) is 0.900. The van der Waals surface area contributed by atoms with Gasteiger partial charge in [0.15, 0.2) is 0 Å². The van der Waals surface area contributed by atoms with Crippen LogP contribution in [0.5, 0.6) is 0 Å². The zero-order chi connectivity index (χ0) is 10.1. The molecule has 0 aliphatic rings. The minimum Gasteiger partial charge on any atom is -0.366 e. The molecular formula is C9H20N2O. The zero-order valence-corrected chi connectivity index (χ0v) is 8.55. The molecule has 0 saturated heterocycles. The minimum atomic E-state index is -0.383. The third-order valence-electron chi connectivity index (χ3n) is 0.900. The first-order chi connectivity index (χ1) is 5.41. The number of carbonyl (C=O) groups is 1. The number of hydrogen-bond donors (Lipinski definition) is 1. The van der Waals surface area contributed by atoms with Crippen molar-refractivity contribution in [1.82, 2.24) is 4.90 Å². The number of nitrogens with two attached hydrogens (primary N) is 1. The smallest absolute Gasteiger partial charge is 0.244 e. The second-order valence-corrected chi connectivity index (χ2v) is 3.06. The summed E-state index contributed by atoms with van der Waals surface area (Å²) in [5.74, 6) is -0.383. The first kappa shape index (κ1) is 13.7. The number of nitrogens with zero attached hydrogens (tertiary/aromatic N) is 1. The van der Waals surface area contributed by atoms with Gasteiger partial charge in [-0.15, -0.1) is 0 Å². The fourth-order valence-corrected chi connectivity index (χ4v) is 0.425. The normalized spacial score (nSPS) is 8.75. The minimum absolute atomic E-state index is 0.383. The quantitative estimate of drug-likeness (QED) is 0.646. The molecule has 0 aliphatic carbocycles. The van der Waals surface area contributed by atoms with Crippen LogP contribution in [-0.2, 0) is 4.79 Å². The molecular weight excluding hydrogens is 152 g/mol. The maximum Gasteiger partial charge on any atom is 0.244 e. The van der Waals surface area contributed by atoms with Gasteiger partial charge in [0.25, 0.3) is 0 Å². The van der Waals surface area contributed by atoms with Crippen LogP contribution in [0.3, 0.4) is 0 Å². The molecule has 0 aliphatic heterocycles. The van der Waals surface area contributed by atoms with Crippen LogP contribution in [-0.4, -0.2) is 32.0 Å². The first-order valence-corrected chi connectivity index (χ1v) is 4.00. The van der Waals surface area contributed by atoms with E-state index in [1.54, 1.807) is 0 Å². The predicted molar refractivity (Wildman–Crippen MR) is 52.9 cm³/mol. The van der Waals surface area contributed by atoms with Crippen molar-refractivity contribution >= 4 is 5.91 Å². The summed E-state index contributed by atoms with van der Waals surface area (Å²) in [5, 5.41) is 0. The lowest BCUT2D eigenvalue weighted by molar-refractivity contribution is -0.114. The van der Waals surface area contributed by atoms with E-state index in [9.17, 15) is 4.79 Å². The third kappa shape index (κ3) is 16.1.